The highest BCUT2D eigenvalue weighted by molar-refractivity contribution is 5.95. The monoisotopic (exact) mass is 493 g/mol. The molecule has 3 heterocycles. The van der Waals surface area contributed by atoms with Gasteiger partial charge in [-0.1, -0.05) is 0 Å². The van der Waals surface area contributed by atoms with Gasteiger partial charge in [-0.25, -0.2) is 4.79 Å². The Morgan fingerprint density at radius 1 is 1.17 bits per heavy atom. The van der Waals surface area contributed by atoms with Crippen LogP contribution in [0.2, 0.25) is 0 Å². The Morgan fingerprint density at radius 2 is 1.92 bits per heavy atom. The lowest BCUT2D eigenvalue weighted by molar-refractivity contribution is -0.140. The van der Waals surface area contributed by atoms with Crippen LogP contribution in [0.1, 0.15) is 37.9 Å². The van der Waals surface area contributed by atoms with Gasteiger partial charge in [-0.05, 0) is 63.3 Å². The number of carbonyl (C=O) groups excluding carboxylic acids is 3. The topological polar surface area (TPSA) is 128 Å². The summed E-state index contributed by atoms with van der Waals surface area (Å²) >= 11 is 0. The second-order valence-corrected chi connectivity index (χ2v) is 9.13. The van der Waals surface area contributed by atoms with E-state index in [0.717, 1.165) is 49.9 Å². The average molecular weight is 494 g/mol. The van der Waals surface area contributed by atoms with Crippen LogP contribution in [-0.2, 0) is 19.1 Å². The van der Waals surface area contributed by atoms with Gasteiger partial charge in [-0.2, -0.15) is 5.26 Å². The summed E-state index contributed by atoms with van der Waals surface area (Å²) in [6, 6.07) is 8.43. The zero-order chi connectivity index (χ0) is 25.7. The Kier molecular flexibility index (Phi) is 7.78. The van der Waals surface area contributed by atoms with Gasteiger partial charge in [-0.15, -0.1) is 0 Å². The lowest BCUT2D eigenvalue weighted by Gasteiger charge is -2.28. The first-order chi connectivity index (χ1) is 17.4. The fourth-order valence-electron chi connectivity index (χ4n) is 4.67. The summed E-state index contributed by atoms with van der Waals surface area (Å²) in [4.78, 5) is 41.9. The van der Waals surface area contributed by atoms with Gasteiger partial charge in [-0.3, -0.25) is 9.59 Å². The third-order valence-corrected chi connectivity index (χ3v) is 6.54. The van der Waals surface area contributed by atoms with Crippen LogP contribution in [0.4, 0.5) is 5.69 Å². The first kappa shape index (κ1) is 25.1. The van der Waals surface area contributed by atoms with E-state index >= 15 is 0 Å². The van der Waals surface area contributed by atoms with Crippen molar-refractivity contribution in [1.29, 1.82) is 5.26 Å². The molecular weight excluding hydrogens is 462 g/mol. The number of amides is 2. The summed E-state index contributed by atoms with van der Waals surface area (Å²) in [5, 5.41) is 16.8. The number of methoxy groups -OCH3 is 1. The van der Waals surface area contributed by atoms with Crippen molar-refractivity contribution in [2.24, 2.45) is 0 Å². The number of hydrogen-bond donors (Lipinski definition) is 2. The highest BCUT2D eigenvalue weighted by Crippen LogP contribution is 2.24. The van der Waals surface area contributed by atoms with E-state index in [0.29, 0.717) is 24.2 Å². The van der Waals surface area contributed by atoms with Crippen LogP contribution in [0.3, 0.4) is 0 Å². The van der Waals surface area contributed by atoms with Crippen molar-refractivity contribution in [3.05, 3.63) is 41.4 Å². The van der Waals surface area contributed by atoms with Crippen LogP contribution in [0.25, 0.3) is 11.0 Å². The molecule has 1 aromatic heterocycles. The SMILES string of the molecule is COC(=O)/C(C#N)=C(/Nc1ccc2oc(C)cc2c1)N[C@H]1CCCCN(CC(=O)N2CCCC2)C1=O. The third-order valence-electron chi connectivity index (χ3n) is 6.54. The van der Waals surface area contributed by atoms with E-state index in [4.69, 9.17) is 9.15 Å². The summed E-state index contributed by atoms with van der Waals surface area (Å²) in [6.45, 7) is 3.82. The molecule has 36 heavy (non-hydrogen) atoms. The Balaban J connectivity index is 1.58. The van der Waals surface area contributed by atoms with Gasteiger partial charge in [0, 0.05) is 30.7 Å². The molecular formula is C26H31N5O5. The third kappa shape index (κ3) is 5.62. The van der Waals surface area contributed by atoms with Crippen molar-refractivity contribution < 1.29 is 23.5 Å². The Bertz CT molecular complexity index is 1220. The van der Waals surface area contributed by atoms with E-state index in [1.807, 2.05) is 25.1 Å². The fraction of sp³-hybridized carbons (Fsp3) is 0.462. The molecule has 4 rings (SSSR count). The van der Waals surface area contributed by atoms with Gasteiger partial charge in [0.1, 0.15) is 29.3 Å². The predicted molar refractivity (Wildman–Crippen MR) is 132 cm³/mol. The number of esters is 1. The summed E-state index contributed by atoms with van der Waals surface area (Å²) in [6.07, 6.45) is 3.99. The number of benzene rings is 1. The van der Waals surface area contributed by atoms with Crippen LogP contribution in [0, 0.1) is 18.3 Å². The maximum atomic E-state index is 13.4. The van der Waals surface area contributed by atoms with E-state index in [2.05, 4.69) is 10.6 Å². The maximum Gasteiger partial charge on any atom is 0.352 e. The second-order valence-electron chi connectivity index (χ2n) is 9.13. The minimum Gasteiger partial charge on any atom is -0.465 e. The van der Waals surface area contributed by atoms with Crippen LogP contribution in [0.15, 0.2) is 40.1 Å². The molecule has 0 radical (unpaired) electrons. The Hall–Kier alpha value is -4.00. The van der Waals surface area contributed by atoms with E-state index < -0.39 is 12.0 Å². The van der Waals surface area contributed by atoms with Crippen molar-refractivity contribution in [2.45, 2.75) is 45.1 Å². The summed E-state index contributed by atoms with van der Waals surface area (Å²) in [7, 11) is 1.19. The van der Waals surface area contributed by atoms with Gasteiger partial charge in [0.05, 0.1) is 13.7 Å². The molecule has 190 valence electrons. The van der Waals surface area contributed by atoms with Crippen LogP contribution < -0.4 is 10.6 Å². The molecule has 0 aliphatic carbocycles. The standard InChI is InChI=1S/C26H31N5O5/c1-17-13-18-14-19(8-9-22(18)36-17)28-24(20(15-27)26(34)35-2)29-21-7-3-4-12-31(25(21)33)16-23(32)30-10-5-6-11-30/h8-9,13-14,21,28-29H,3-7,10-12,16H2,1-2H3/b24-20-/t21-/m0/s1. The highest BCUT2D eigenvalue weighted by atomic mass is 16.5. The van der Waals surface area contributed by atoms with Crippen LogP contribution in [-0.4, -0.2) is 66.9 Å². The van der Waals surface area contributed by atoms with Crippen molar-refractivity contribution in [3.63, 3.8) is 0 Å². The van der Waals surface area contributed by atoms with Crippen molar-refractivity contribution in [3.8, 4) is 6.07 Å². The number of nitrogens with zero attached hydrogens (tertiary/aromatic N) is 3. The number of hydrogen-bond acceptors (Lipinski definition) is 8. The number of carbonyl (C=O) groups is 3. The van der Waals surface area contributed by atoms with Crippen LogP contribution >= 0.6 is 0 Å². The molecule has 1 aromatic carbocycles. The lowest BCUT2D eigenvalue weighted by atomic mass is 10.1. The number of nitriles is 1. The summed E-state index contributed by atoms with van der Waals surface area (Å²) < 4.78 is 10.4. The van der Waals surface area contributed by atoms with E-state index in [9.17, 15) is 19.6 Å². The minimum atomic E-state index is -0.824. The maximum absolute atomic E-state index is 13.4. The summed E-state index contributed by atoms with van der Waals surface area (Å²) in [5.41, 5.74) is 1.03. The fourth-order valence-corrected chi connectivity index (χ4v) is 4.67. The zero-order valence-corrected chi connectivity index (χ0v) is 20.6. The van der Waals surface area contributed by atoms with Gasteiger partial charge in [0.25, 0.3) is 0 Å². The number of anilines is 1. The molecule has 0 bridgehead atoms. The summed E-state index contributed by atoms with van der Waals surface area (Å²) in [5.74, 6) is -0.269. The van der Waals surface area contributed by atoms with Gasteiger partial charge in [0.15, 0.2) is 5.57 Å². The van der Waals surface area contributed by atoms with Crippen molar-refractivity contribution in [2.75, 3.05) is 38.6 Å². The predicted octanol–water partition coefficient (Wildman–Crippen LogP) is 2.65. The first-order valence-corrected chi connectivity index (χ1v) is 12.2. The average Bonchev–Trinajstić information content (AvgIpc) is 3.50. The molecule has 2 N–H and O–H groups in total. The normalized spacial score (nSPS) is 18.9. The number of ether oxygens (including phenoxy) is 1. The lowest BCUT2D eigenvalue weighted by Crippen LogP contribution is -2.49. The molecule has 2 aliphatic rings. The number of likely N-dealkylation sites (tertiary alicyclic amines) is 2. The Labute approximate surface area is 209 Å². The molecule has 10 nitrogen and oxygen atoms in total. The number of aryl methyl sites for hydroxylation is 1. The van der Waals surface area contributed by atoms with Gasteiger partial charge < -0.3 is 29.6 Å². The van der Waals surface area contributed by atoms with Crippen molar-refractivity contribution >= 4 is 34.4 Å². The van der Waals surface area contributed by atoms with Crippen LogP contribution in [0.5, 0.6) is 0 Å². The number of furan rings is 1. The largest absolute Gasteiger partial charge is 0.465 e. The zero-order valence-electron chi connectivity index (χ0n) is 20.6. The van der Waals surface area contributed by atoms with Crippen molar-refractivity contribution in [1.82, 2.24) is 15.1 Å². The second kappa shape index (κ2) is 11.2. The molecule has 2 amide bonds. The molecule has 2 aromatic rings. The molecule has 2 fully saturated rings. The quantitative estimate of drug-likeness (QED) is 0.342. The number of nitrogens with one attached hydrogen (secondary N) is 2. The number of rotatable bonds is 7. The van der Waals surface area contributed by atoms with Gasteiger partial charge >= 0.3 is 5.97 Å². The van der Waals surface area contributed by atoms with E-state index in [1.165, 1.54) is 7.11 Å². The first-order valence-electron chi connectivity index (χ1n) is 12.2. The molecule has 0 saturated carbocycles. The van der Waals surface area contributed by atoms with Gasteiger partial charge in [0.2, 0.25) is 11.8 Å². The molecule has 2 aliphatic heterocycles. The minimum absolute atomic E-state index is 0.0299. The molecule has 2 saturated heterocycles. The number of fused-ring (bicyclic) bond motifs is 1. The molecule has 0 spiro atoms. The van der Waals surface area contributed by atoms with E-state index in [-0.39, 0.29) is 29.8 Å². The molecule has 1 atom stereocenters. The smallest absolute Gasteiger partial charge is 0.352 e. The van der Waals surface area contributed by atoms with E-state index in [1.54, 1.807) is 21.9 Å². The Morgan fingerprint density at radius 3 is 2.64 bits per heavy atom. The molecule has 0 unspecified atom stereocenters. The highest BCUT2D eigenvalue weighted by Gasteiger charge is 2.31. The molecule has 10 heteroatoms.